The van der Waals surface area contributed by atoms with E-state index in [1.807, 2.05) is 24.3 Å². The number of anilines is 1. The van der Waals surface area contributed by atoms with E-state index < -0.39 is 0 Å². The lowest BCUT2D eigenvalue weighted by molar-refractivity contribution is 0.150. The molecule has 0 amide bonds. The minimum atomic E-state index is 0.175. The van der Waals surface area contributed by atoms with E-state index in [0.29, 0.717) is 12.6 Å². The van der Waals surface area contributed by atoms with Crippen molar-refractivity contribution in [2.45, 2.75) is 25.9 Å². The average molecular weight is 284 g/mol. The fourth-order valence-corrected chi connectivity index (χ4v) is 2.59. The largest absolute Gasteiger partial charge is 0.399 e. The number of nitrogen functional groups attached to an aromatic ring is 1. The van der Waals surface area contributed by atoms with Gasteiger partial charge < -0.3 is 10.8 Å². The first-order valence-electron chi connectivity index (χ1n) is 7.42. The van der Waals surface area contributed by atoms with Gasteiger partial charge >= 0.3 is 0 Å². The van der Waals surface area contributed by atoms with E-state index in [2.05, 4.69) is 42.2 Å². The van der Waals surface area contributed by atoms with Crippen LogP contribution in [0.2, 0.25) is 0 Å². The van der Waals surface area contributed by atoms with Gasteiger partial charge in [0.15, 0.2) is 0 Å². The third-order valence-electron chi connectivity index (χ3n) is 3.72. The Bertz CT molecular complexity index is 542. The molecule has 0 saturated carbocycles. The molecule has 0 radical (unpaired) electrons. The van der Waals surface area contributed by atoms with Crippen molar-refractivity contribution in [2.24, 2.45) is 0 Å². The minimum Gasteiger partial charge on any atom is -0.399 e. The maximum Gasteiger partial charge on any atom is 0.0558 e. The average Bonchev–Trinajstić information content (AvgIpc) is 2.48. The maximum atomic E-state index is 9.31. The van der Waals surface area contributed by atoms with Crippen LogP contribution in [0.5, 0.6) is 0 Å². The van der Waals surface area contributed by atoms with Crippen LogP contribution in [0.25, 0.3) is 0 Å². The van der Waals surface area contributed by atoms with Crippen molar-refractivity contribution in [1.29, 1.82) is 0 Å². The Morgan fingerprint density at radius 3 is 2.43 bits per heavy atom. The molecule has 3 N–H and O–H groups in total. The second-order valence-electron chi connectivity index (χ2n) is 5.48. The Labute approximate surface area is 127 Å². The molecule has 0 fully saturated rings. The zero-order valence-electron chi connectivity index (χ0n) is 12.6. The Hall–Kier alpha value is -1.84. The van der Waals surface area contributed by atoms with Gasteiger partial charge in [0, 0.05) is 24.8 Å². The molecule has 0 saturated heterocycles. The summed E-state index contributed by atoms with van der Waals surface area (Å²) >= 11 is 0. The van der Waals surface area contributed by atoms with Crippen LogP contribution in [0, 0.1) is 0 Å². The molecule has 2 aromatic rings. The molecule has 0 heterocycles. The van der Waals surface area contributed by atoms with Gasteiger partial charge in [-0.05, 0) is 36.6 Å². The van der Waals surface area contributed by atoms with Crippen molar-refractivity contribution in [3.8, 4) is 0 Å². The van der Waals surface area contributed by atoms with Crippen molar-refractivity contribution < 1.29 is 5.11 Å². The number of nitrogens with zero attached hydrogens (tertiary/aromatic N) is 1. The Balaban J connectivity index is 2.03. The van der Waals surface area contributed by atoms with Crippen molar-refractivity contribution in [3.63, 3.8) is 0 Å². The zero-order chi connectivity index (χ0) is 15.1. The Morgan fingerprint density at radius 1 is 1.05 bits per heavy atom. The summed E-state index contributed by atoms with van der Waals surface area (Å²) in [5.74, 6) is 0. The lowest BCUT2D eigenvalue weighted by Gasteiger charge is -2.28. The van der Waals surface area contributed by atoms with Crippen molar-refractivity contribution in [1.82, 2.24) is 4.90 Å². The van der Waals surface area contributed by atoms with Gasteiger partial charge in [-0.1, -0.05) is 42.5 Å². The van der Waals surface area contributed by atoms with Gasteiger partial charge in [-0.3, -0.25) is 4.90 Å². The van der Waals surface area contributed by atoms with Crippen LogP contribution in [0.15, 0.2) is 54.6 Å². The van der Waals surface area contributed by atoms with Gasteiger partial charge in [-0.2, -0.15) is 0 Å². The first-order valence-corrected chi connectivity index (χ1v) is 7.42. The number of aliphatic hydroxyl groups is 1. The van der Waals surface area contributed by atoms with Gasteiger partial charge in [0.1, 0.15) is 0 Å². The van der Waals surface area contributed by atoms with Gasteiger partial charge in [0.25, 0.3) is 0 Å². The molecule has 0 spiro atoms. The van der Waals surface area contributed by atoms with Gasteiger partial charge in [-0.15, -0.1) is 0 Å². The standard InChI is InChI=1S/C18H24N2O/c1-15(12-17-8-5-9-18(19)13-17)20(10-11-21)14-16-6-3-2-4-7-16/h2-9,13,15,21H,10-12,14,19H2,1H3. The summed E-state index contributed by atoms with van der Waals surface area (Å²) in [5.41, 5.74) is 9.14. The van der Waals surface area contributed by atoms with E-state index in [-0.39, 0.29) is 6.61 Å². The van der Waals surface area contributed by atoms with E-state index in [4.69, 9.17) is 5.73 Å². The Kier molecular flexibility index (Phi) is 5.78. The van der Waals surface area contributed by atoms with Crippen LogP contribution in [0.1, 0.15) is 18.1 Å². The number of aliphatic hydroxyl groups excluding tert-OH is 1. The normalized spacial score (nSPS) is 12.5. The molecule has 2 aromatic carbocycles. The predicted molar refractivity (Wildman–Crippen MR) is 88.0 cm³/mol. The summed E-state index contributed by atoms with van der Waals surface area (Å²) in [5, 5.41) is 9.31. The summed E-state index contributed by atoms with van der Waals surface area (Å²) < 4.78 is 0. The van der Waals surface area contributed by atoms with Crippen LogP contribution in [-0.2, 0) is 13.0 Å². The molecule has 3 nitrogen and oxygen atoms in total. The number of rotatable bonds is 7. The number of benzene rings is 2. The fraction of sp³-hybridized carbons (Fsp3) is 0.333. The monoisotopic (exact) mass is 284 g/mol. The third-order valence-corrected chi connectivity index (χ3v) is 3.72. The highest BCUT2D eigenvalue weighted by Crippen LogP contribution is 2.14. The molecule has 0 aliphatic heterocycles. The highest BCUT2D eigenvalue weighted by atomic mass is 16.3. The number of nitrogens with two attached hydrogens (primary N) is 1. The lowest BCUT2D eigenvalue weighted by atomic mass is 10.0. The van der Waals surface area contributed by atoms with Crippen LogP contribution < -0.4 is 5.73 Å². The van der Waals surface area contributed by atoms with E-state index in [9.17, 15) is 5.11 Å². The molecule has 2 rings (SSSR count). The zero-order valence-corrected chi connectivity index (χ0v) is 12.6. The summed E-state index contributed by atoms with van der Waals surface area (Å²) in [6.45, 7) is 3.90. The first kappa shape index (κ1) is 15.5. The fourth-order valence-electron chi connectivity index (χ4n) is 2.59. The maximum absolute atomic E-state index is 9.31. The third kappa shape index (κ3) is 4.88. The highest BCUT2D eigenvalue weighted by molar-refractivity contribution is 5.40. The SMILES string of the molecule is CC(Cc1cccc(N)c1)N(CCO)Cc1ccccc1. The van der Waals surface area contributed by atoms with Crippen LogP contribution in [0.4, 0.5) is 5.69 Å². The molecule has 1 unspecified atom stereocenters. The van der Waals surface area contributed by atoms with E-state index in [0.717, 1.165) is 18.7 Å². The lowest BCUT2D eigenvalue weighted by Crippen LogP contribution is -2.36. The van der Waals surface area contributed by atoms with E-state index >= 15 is 0 Å². The smallest absolute Gasteiger partial charge is 0.0558 e. The van der Waals surface area contributed by atoms with Crippen LogP contribution in [0.3, 0.4) is 0 Å². The number of hydrogen-bond acceptors (Lipinski definition) is 3. The first-order chi connectivity index (χ1) is 10.2. The summed E-state index contributed by atoms with van der Waals surface area (Å²) in [4.78, 5) is 2.30. The molecule has 1 atom stereocenters. The molecule has 0 aliphatic rings. The van der Waals surface area contributed by atoms with Crippen molar-refractivity contribution >= 4 is 5.69 Å². The van der Waals surface area contributed by atoms with Gasteiger partial charge in [0.2, 0.25) is 0 Å². The van der Waals surface area contributed by atoms with Crippen LogP contribution in [-0.4, -0.2) is 29.2 Å². The number of hydrogen-bond donors (Lipinski definition) is 2. The minimum absolute atomic E-state index is 0.175. The second kappa shape index (κ2) is 7.81. The summed E-state index contributed by atoms with van der Waals surface area (Å²) in [6, 6.07) is 18.7. The van der Waals surface area contributed by atoms with Crippen molar-refractivity contribution in [2.75, 3.05) is 18.9 Å². The molecule has 3 heteroatoms. The van der Waals surface area contributed by atoms with E-state index in [1.165, 1.54) is 11.1 Å². The topological polar surface area (TPSA) is 49.5 Å². The molecule has 0 aromatic heterocycles. The summed E-state index contributed by atoms with van der Waals surface area (Å²) in [7, 11) is 0. The van der Waals surface area contributed by atoms with Gasteiger partial charge in [0.05, 0.1) is 6.61 Å². The van der Waals surface area contributed by atoms with Crippen molar-refractivity contribution in [3.05, 3.63) is 65.7 Å². The highest BCUT2D eigenvalue weighted by Gasteiger charge is 2.14. The van der Waals surface area contributed by atoms with Crippen LogP contribution >= 0.6 is 0 Å². The Morgan fingerprint density at radius 2 is 1.76 bits per heavy atom. The summed E-state index contributed by atoms with van der Waals surface area (Å²) in [6.07, 6.45) is 0.928. The molecule has 0 aliphatic carbocycles. The van der Waals surface area contributed by atoms with Gasteiger partial charge in [-0.25, -0.2) is 0 Å². The quantitative estimate of drug-likeness (QED) is 0.769. The molecule has 112 valence electrons. The second-order valence-corrected chi connectivity index (χ2v) is 5.48. The molecular formula is C18H24N2O. The predicted octanol–water partition coefficient (Wildman–Crippen LogP) is 2.69. The molecule has 0 bridgehead atoms. The molecular weight excluding hydrogens is 260 g/mol. The molecule has 21 heavy (non-hydrogen) atoms. The van der Waals surface area contributed by atoms with E-state index in [1.54, 1.807) is 0 Å².